The van der Waals surface area contributed by atoms with E-state index in [1.165, 1.54) is 0 Å². The molecule has 1 radical (unpaired) electrons. The van der Waals surface area contributed by atoms with Gasteiger partial charge in [-0.05, 0) is 11.4 Å². The van der Waals surface area contributed by atoms with Crippen LogP contribution in [0.4, 0.5) is 5.69 Å². The highest BCUT2D eigenvalue weighted by atomic mass is 32.1. The number of hydrogen-bond acceptors (Lipinski definition) is 2. The molecule has 1 heterocycles. The molecule has 0 saturated heterocycles. The Labute approximate surface area is 57.3 Å². The molecule has 0 bridgehead atoms. The summed E-state index contributed by atoms with van der Waals surface area (Å²) in [5.74, 6) is 0. The van der Waals surface area contributed by atoms with E-state index in [1.807, 2.05) is 16.8 Å². The lowest BCUT2D eigenvalue weighted by Crippen LogP contribution is -1.87. The highest BCUT2D eigenvalue weighted by molar-refractivity contribution is 7.79. The fourth-order valence-corrected chi connectivity index (χ4v) is 1.10. The second-order valence-electron chi connectivity index (χ2n) is 1.24. The van der Waals surface area contributed by atoms with E-state index in [9.17, 15) is 0 Å². The lowest BCUT2D eigenvalue weighted by atomic mass is 10.5. The van der Waals surface area contributed by atoms with Crippen LogP contribution in [0.2, 0.25) is 0 Å². The Morgan fingerprint density at radius 2 is 2.62 bits per heavy atom. The molecule has 0 aliphatic rings. The Morgan fingerprint density at radius 3 is 3.12 bits per heavy atom. The molecule has 1 aromatic heterocycles. The number of thiophene rings is 1. The zero-order valence-electron chi connectivity index (χ0n) is 4.05. The molecular formula is C5H4NS2. The number of nitrogens with one attached hydrogen (secondary N) is 1. The number of anilines is 1. The first-order valence-electron chi connectivity index (χ1n) is 2.09. The van der Waals surface area contributed by atoms with Gasteiger partial charge in [0.15, 0.2) is 0 Å². The van der Waals surface area contributed by atoms with Gasteiger partial charge in [0.05, 0.1) is 0 Å². The van der Waals surface area contributed by atoms with E-state index in [0.717, 1.165) is 5.69 Å². The van der Waals surface area contributed by atoms with Crippen molar-refractivity contribution in [3.8, 4) is 0 Å². The van der Waals surface area contributed by atoms with E-state index in [4.69, 9.17) is 0 Å². The molecule has 0 spiro atoms. The van der Waals surface area contributed by atoms with Gasteiger partial charge >= 0.3 is 0 Å². The first-order chi connectivity index (χ1) is 3.93. The summed E-state index contributed by atoms with van der Waals surface area (Å²) in [6.07, 6.45) is 0. The van der Waals surface area contributed by atoms with Crippen LogP contribution < -0.4 is 5.32 Å². The number of thiocarbonyl (C=S) groups is 1. The molecule has 0 unspecified atom stereocenters. The van der Waals surface area contributed by atoms with Gasteiger partial charge in [-0.15, -0.1) is 0 Å². The molecule has 1 N–H and O–H groups in total. The van der Waals surface area contributed by atoms with E-state index >= 15 is 0 Å². The van der Waals surface area contributed by atoms with E-state index < -0.39 is 0 Å². The summed E-state index contributed by atoms with van der Waals surface area (Å²) < 4.78 is 0. The van der Waals surface area contributed by atoms with Crippen LogP contribution in [-0.4, -0.2) is 5.49 Å². The van der Waals surface area contributed by atoms with Gasteiger partial charge in [0, 0.05) is 11.1 Å². The van der Waals surface area contributed by atoms with Gasteiger partial charge < -0.3 is 5.32 Å². The first kappa shape index (κ1) is 5.72. The predicted molar refractivity (Wildman–Crippen MR) is 40.5 cm³/mol. The monoisotopic (exact) mass is 142 g/mol. The molecule has 1 rings (SSSR count). The average molecular weight is 142 g/mol. The molecule has 0 amide bonds. The molecular weight excluding hydrogens is 138 g/mol. The zero-order valence-corrected chi connectivity index (χ0v) is 5.68. The summed E-state index contributed by atoms with van der Waals surface area (Å²) in [7, 11) is 0. The van der Waals surface area contributed by atoms with E-state index in [0.29, 0.717) is 0 Å². The van der Waals surface area contributed by atoms with Crippen LogP contribution in [0, 0.1) is 0 Å². The molecule has 0 aromatic carbocycles. The van der Waals surface area contributed by atoms with E-state index in [1.54, 1.807) is 11.3 Å². The summed E-state index contributed by atoms with van der Waals surface area (Å²) in [6.45, 7) is 0. The van der Waals surface area contributed by atoms with Crippen molar-refractivity contribution in [3.63, 3.8) is 0 Å². The first-order valence-corrected chi connectivity index (χ1v) is 3.44. The quantitative estimate of drug-likeness (QED) is 0.500. The number of hydrogen-bond donors (Lipinski definition) is 1. The van der Waals surface area contributed by atoms with Gasteiger partial charge in [0.2, 0.25) is 0 Å². The summed E-state index contributed by atoms with van der Waals surface area (Å²) in [5.41, 5.74) is 3.43. The van der Waals surface area contributed by atoms with Gasteiger partial charge in [-0.25, -0.2) is 0 Å². The molecule has 0 fully saturated rings. The molecule has 3 heteroatoms. The maximum atomic E-state index is 4.44. The summed E-state index contributed by atoms with van der Waals surface area (Å²) in [5, 5.41) is 6.72. The normalized spacial score (nSPS) is 8.50. The van der Waals surface area contributed by atoms with Crippen molar-refractivity contribution >= 4 is 34.7 Å². The molecule has 41 valence electrons. The minimum Gasteiger partial charge on any atom is -0.343 e. The average Bonchev–Trinajstić information content (AvgIpc) is 2.19. The smallest absolute Gasteiger partial charge is 0.138 e. The minimum atomic E-state index is 1.02. The van der Waals surface area contributed by atoms with Crippen molar-refractivity contribution < 1.29 is 0 Å². The Balaban J connectivity index is 2.62. The Hall–Kier alpha value is -0.410. The second kappa shape index (κ2) is 2.79. The maximum absolute atomic E-state index is 4.44. The predicted octanol–water partition coefficient (Wildman–Crippen LogP) is 1.99. The van der Waals surface area contributed by atoms with Gasteiger partial charge in [0.1, 0.15) is 5.49 Å². The third-order valence-electron chi connectivity index (χ3n) is 0.717. The molecule has 0 aliphatic heterocycles. The van der Waals surface area contributed by atoms with E-state index in [-0.39, 0.29) is 0 Å². The Bertz CT molecular complexity index is 157. The number of rotatable bonds is 2. The summed E-state index contributed by atoms with van der Waals surface area (Å²) >= 11 is 6.07. The third kappa shape index (κ3) is 1.28. The van der Waals surface area contributed by atoms with Gasteiger partial charge in [-0.2, -0.15) is 11.3 Å². The van der Waals surface area contributed by atoms with Crippen LogP contribution in [0.15, 0.2) is 16.8 Å². The van der Waals surface area contributed by atoms with Gasteiger partial charge in [-0.1, -0.05) is 12.2 Å². The molecule has 0 atom stereocenters. The highest BCUT2D eigenvalue weighted by Gasteiger charge is 1.83. The SMILES string of the molecule is S=[C]Nc1ccsc1. The van der Waals surface area contributed by atoms with Crippen LogP contribution in [-0.2, 0) is 0 Å². The maximum Gasteiger partial charge on any atom is 0.138 e. The van der Waals surface area contributed by atoms with E-state index in [2.05, 4.69) is 23.0 Å². The van der Waals surface area contributed by atoms with Crippen LogP contribution in [0.25, 0.3) is 0 Å². The Morgan fingerprint density at radius 1 is 1.75 bits per heavy atom. The summed E-state index contributed by atoms with van der Waals surface area (Å²) in [4.78, 5) is 0. The van der Waals surface area contributed by atoms with Crippen molar-refractivity contribution in [3.05, 3.63) is 16.8 Å². The second-order valence-corrected chi connectivity index (χ2v) is 2.22. The van der Waals surface area contributed by atoms with Crippen molar-refractivity contribution in [1.82, 2.24) is 0 Å². The molecule has 1 aromatic rings. The largest absolute Gasteiger partial charge is 0.343 e. The van der Waals surface area contributed by atoms with Crippen molar-refractivity contribution in [2.75, 3.05) is 5.32 Å². The standard InChI is InChI=1S/C5H4NS2/c7-4-6-5-1-2-8-3-5/h1-3H,(H,6,7). The van der Waals surface area contributed by atoms with Crippen LogP contribution in [0.1, 0.15) is 0 Å². The fourth-order valence-electron chi connectivity index (χ4n) is 0.395. The third-order valence-corrected chi connectivity index (χ3v) is 1.50. The van der Waals surface area contributed by atoms with Crippen molar-refractivity contribution in [2.24, 2.45) is 0 Å². The lowest BCUT2D eigenvalue weighted by Gasteiger charge is -1.86. The molecule has 8 heavy (non-hydrogen) atoms. The van der Waals surface area contributed by atoms with Crippen LogP contribution in [0.5, 0.6) is 0 Å². The van der Waals surface area contributed by atoms with Crippen molar-refractivity contribution in [2.45, 2.75) is 0 Å². The highest BCUT2D eigenvalue weighted by Crippen LogP contribution is 2.09. The fraction of sp³-hybridized carbons (Fsp3) is 0. The molecule has 0 aliphatic carbocycles. The van der Waals surface area contributed by atoms with Gasteiger partial charge in [0.25, 0.3) is 0 Å². The van der Waals surface area contributed by atoms with Crippen LogP contribution >= 0.6 is 23.6 Å². The topological polar surface area (TPSA) is 12.0 Å². The zero-order chi connectivity index (χ0) is 5.82. The minimum absolute atomic E-state index is 1.02. The molecule has 0 saturated carbocycles. The Kier molecular flexibility index (Phi) is 2.00. The van der Waals surface area contributed by atoms with Crippen LogP contribution in [0.3, 0.4) is 0 Å². The van der Waals surface area contributed by atoms with Gasteiger partial charge in [-0.3, -0.25) is 0 Å². The summed E-state index contributed by atoms with van der Waals surface area (Å²) in [6, 6.07) is 1.95. The van der Waals surface area contributed by atoms with Crippen molar-refractivity contribution in [1.29, 1.82) is 0 Å². The molecule has 1 nitrogen and oxygen atoms in total. The lowest BCUT2D eigenvalue weighted by molar-refractivity contribution is 1.83.